The minimum Gasteiger partial charge on any atom is -0.394 e. The van der Waals surface area contributed by atoms with Crippen molar-refractivity contribution in [1.82, 2.24) is 9.55 Å². The lowest BCUT2D eigenvalue weighted by atomic mass is 10.2. The molecule has 0 spiro atoms. The molecule has 0 bridgehead atoms. The van der Waals surface area contributed by atoms with Gasteiger partial charge in [-0.15, -0.1) is 0 Å². The van der Waals surface area contributed by atoms with E-state index in [1.54, 1.807) is 0 Å². The van der Waals surface area contributed by atoms with Gasteiger partial charge in [0.15, 0.2) is 6.23 Å². The molecule has 7 nitrogen and oxygen atoms in total. The van der Waals surface area contributed by atoms with Gasteiger partial charge in [0.05, 0.1) is 12.7 Å². The van der Waals surface area contributed by atoms with E-state index < -0.39 is 24.2 Å². The number of aromatic nitrogens is 2. The standard InChI is InChI=1S/C11H14FN3O4/c1-6(17)13-9-2-3-15(11(18)14-9)10-8(12)4-7(5-16)19-10/h2-3,7-8,10,16H,4-5H2,1H3,(H,13,14,17,18)/t7-,8?,10+/m0/s1. The van der Waals surface area contributed by atoms with Gasteiger partial charge in [-0.3, -0.25) is 9.36 Å². The summed E-state index contributed by atoms with van der Waals surface area (Å²) in [5.41, 5.74) is -0.725. The molecule has 1 amide bonds. The number of halogens is 1. The first-order valence-corrected chi connectivity index (χ1v) is 5.78. The van der Waals surface area contributed by atoms with Crippen molar-refractivity contribution in [2.75, 3.05) is 11.9 Å². The molecule has 19 heavy (non-hydrogen) atoms. The predicted molar refractivity (Wildman–Crippen MR) is 63.3 cm³/mol. The van der Waals surface area contributed by atoms with Crippen LogP contribution in [0, 0.1) is 0 Å². The molecule has 8 heteroatoms. The van der Waals surface area contributed by atoms with Crippen LogP contribution in [0.2, 0.25) is 0 Å². The lowest BCUT2D eigenvalue weighted by Crippen LogP contribution is -2.31. The van der Waals surface area contributed by atoms with Gasteiger partial charge < -0.3 is 15.2 Å². The topological polar surface area (TPSA) is 93.5 Å². The number of ether oxygens (including phenoxy) is 1. The SMILES string of the molecule is CC(=O)Nc1ccn([C@@H]2O[C@H](CO)CC2F)c(=O)n1. The maximum Gasteiger partial charge on any atom is 0.351 e. The molecule has 2 N–H and O–H groups in total. The number of aliphatic hydroxyl groups excluding tert-OH is 1. The summed E-state index contributed by atoms with van der Waals surface area (Å²) in [7, 11) is 0. The van der Waals surface area contributed by atoms with Crippen molar-refractivity contribution in [1.29, 1.82) is 0 Å². The van der Waals surface area contributed by atoms with Gasteiger partial charge >= 0.3 is 5.69 Å². The Hall–Kier alpha value is -1.80. The molecular formula is C11H14FN3O4. The number of alkyl halides is 1. The smallest absolute Gasteiger partial charge is 0.351 e. The molecule has 0 aliphatic carbocycles. The monoisotopic (exact) mass is 271 g/mol. The van der Waals surface area contributed by atoms with E-state index in [9.17, 15) is 14.0 Å². The number of hydrogen-bond acceptors (Lipinski definition) is 5. The van der Waals surface area contributed by atoms with Gasteiger partial charge in [0, 0.05) is 19.5 Å². The molecule has 1 aromatic rings. The molecular weight excluding hydrogens is 257 g/mol. The maximum absolute atomic E-state index is 13.7. The Bertz CT molecular complexity index is 533. The van der Waals surface area contributed by atoms with Crippen LogP contribution < -0.4 is 11.0 Å². The van der Waals surface area contributed by atoms with Gasteiger partial charge in [-0.2, -0.15) is 4.98 Å². The molecule has 3 atom stereocenters. The van der Waals surface area contributed by atoms with Crippen molar-refractivity contribution in [2.24, 2.45) is 0 Å². The fourth-order valence-electron chi connectivity index (χ4n) is 1.92. The lowest BCUT2D eigenvalue weighted by Gasteiger charge is -2.16. The third-order valence-corrected chi connectivity index (χ3v) is 2.74. The number of nitrogens with one attached hydrogen (secondary N) is 1. The third-order valence-electron chi connectivity index (χ3n) is 2.74. The summed E-state index contributed by atoms with van der Waals surface area (Å²) < 4.78 is 19.9. The van der Waals surface area contributed by atoms with Crippen molar-refractivity contribution in [3.05, 3.63) is 22.7 Å². The van der Waals surface area contributed by atoms with Crippen LogP contribution >= 0.6 is 0 Å². The molecule has 0 saturated carbocycles. The average Bonchev–Trinajstić information content (AvgIpc) is 2.70. The zero-order valence-corrected chi connectivity index (χ0v) is 10.2. The number of nitrogens with zero attached hydrogens (tertiary/aromatic N) is 2. The molecule has 1 fully saturated rings. The number of carbonyl (C=O) groups is 1. The first kappa shape index (κ1) is 13.6. The average molecular weight is 271 g/mol. The minimum absolute atomic E-state index is 0.0288. The van der Waals surface area contributed by atoms with Gasteiger partial charge in [0.1, 0.15) is 12.0 Å². The largest absolute Gasteiger partial charge is 0.394 e. The molecule has 1 saturated heterocycles. The zero-order chi connectivity index (χ0) is 14.0. The first-order valence-electron chi connectivity index (χ1n) is 5.78. The Morgan fingerprint density at radius 3 is 3.00 bits per heavy atom. The van der Waals surface area contributed by atoms with Crippen molar-refractivity contribution >= 4 is 11.7 Å². The highest BCUT2D eigenvalue weighted by molar-refractivity contribution is 5.87. The van der Waals surface area contributed by atoms with Crippen LogP contribution in [-0.2, 0) is 9.53 Å². The van der Waals surface area contributed by atoms with Crippen molar-refractivity contribution in [3.8, 4) is 0 Å². The second-order valence-electron chi connectivity index (χ2n) is 4.27. The van der Waals surface area contributed by atoms with E-state index in [4.69, 9.17) is 9.84 Å². The van der Waals surface area contributed by atoms with E-state index in [-0.39, 0.29) is 24.8 Å². The van der Waals surface area contributed by atoms with Gasteiger partial charge in [-0.25, -0.2) is 9.18 Å². The van der Waals surface area contributed by atoms with E-state index >= 15 is 0 Å². The van der Waals surface area contributed by atoms with Crippen LogP contribution in [0.5, 0.6) is 0 Å². The molecule has 1 aliphatic rings. The number of carbonyl (C=O) groups excluding carboxylic acids is 1. The Kier molecular flexibility index (Phi) is 3.91. The Morgan fingerprint density at radius 2 is 2.47 bits per heavy atom. The Morgan fingerprint density at radius 1 is 1.74 bits per heavy atom. The van der Waals surface area contributed by atoms with E-state index in [0.717, 1.165) is 4.57 Å². The summed E-state index contributed by atoms with van der Waals surface area (Å²) >= 11 is 0. The van der Waals surface area contributed by atoms with Gasteiger partial charge in [0.2, 0.25) is 5.91 Å². The zero-order valence-electron chi connectivity index (χ0n) is 10.2. The number of amides is 1. The number of rotatable bonds is 3. The molecule has 1 unspecified atom stereocenters. The van der Waals surface area contributed by atoms with Crippen LogP contribution in [0.3, 0.4) is 0 Å². The Labute approximate surface area is 108 Å². The highest BCUT2D eigenvalue weighted by Gasteiger charge is 2.36. The molecule has 0 radical (unpaired) electrons. The van der Waals surface area contributed by atoms with Crippen molar-refractivity contribution < 1.29 is 19.0 Å². The number of anilines is 1. The summed E-state index contributed by atoms with van der Waals surface area (Å²) in [6.07, 6.45) is -1.77. The molecule has 104 valence electrons. The van der Waals surface area contributed by atoms with Crippen LogP contribution in [0.1, 0.15) is 19.6 Å². The first-order chi connectivity index (χ1) is 9.01. The number of hydrogen-bond donors (Lipinski definition) is 2. The van der Waals surface area contributed by atoms with E-state index in [2.05, 4.69) is 10.3 Å². The van der Waals surface area contributed by atoms with E-state index in [1.807, 2.05) is 0 Å². The molecule has 0 aromatic carbocycles. The molecule has 1 aliphatic heterocycles. The lowest BCUT2D eigenvalue weighted by molar-refractivity contribution is -0.114. The predicted octanol–water partition coefficient (Wildman–Crippen LogP) is -0.180. The Balaban J connectivity index is 2.22. The van der Waals surface area contributed by atoms with Gasteiger partial charge in [-0.1, -0.05) is 0 Å². The second kappa shape index (κ2) is 5.45. The van der Waals surface area contributed by atoms with Crippen LogP contribution in [0.4, 0.5) is 10.2 Å². The van der Waals surface area contributed by atoms with Crippen LogP contribution in [0.25, 0.3) is 0 Å². The number of aliphatic hydroxyl groups is 1. The van der Waals surface area contributed by atoms with Crippen molar-refractivity contribution in [3.63, 3.8) is 0 Å². The minimum atomic E-state index is -1.39. The fraction of sp³-hybridized carbons (Fsp3) is 0.545. The van der Waals surface area contributed by atoms with Crippen LogP contribution in [0.15, 0.2) is 17.1 Å². The maximum atomic E-state index is 13.7. The van der Waals surface area contributed by atoms with Gasteiger partial charge in [-0.05, 0) is 6.07 Å². The fourth-order valence-corrected chi connectivity index (χ4v) is 1.92. The molecule has 2 heterocycles. The third kappa shape index (κ3) is 2.96. The molecule has 2 rings (SSSR count). The highest BCUT2D eigenvalue weighted by Crippen LogP contribution is 2.30. The van der Waals surface area contributed by atoms with E-state index in [1.165, 1.54) is 19.2 Å². The quantitative estimate of drug-likeness (QED) is 0.795. The summed E-state index contributed by atoms with van der Waals surface area (Å²) in [6, 6.07) is 1.38. The summed E-state index contributed by atoms with van der Waals surface area (Å²) in [4.78, 5) is 26.2. The highest BCUT2D eigenvalue weighted by atomic mass is 19.1. The normalized spacial score (nSPS) is 26.4. The molecule has 1 aromatic heterocycles. The summed E-state index contributed by atoms with van der Waals surface area (Å²) in [5.74, 6) is -0.258. The summed E-state index contributed by atoms with van der Waals surface area (Å²) in [5, 5.41) is 11.3. The van der Waals surface area contributed by atoms with E-state index in [0.29, 0.717) is 0 Å². The summed E-state index contributed by atoms with van der Waals surface area (Å²) in [6.45, 7) is 0.986. The van der Waals surface area contributed by atoms with Crippen molar-refractivity contribution in [2.45, 2.75) is 31.8 Å². The van der Waals surface area contributed by atoms with Gasteiger partial charge in [0.25, 0.3) is 0 Å². The van der Waals surface area contributed by atoms with Crippen LogP contribution in [-0.4, -0.2) is 39.4 Å². The second-order valence-corrected chi connectivity index (χ2v) is 4.27.